The Morgan fingerprint density at radius 2 is 2.10 bits per heavy atom. The highest BCUT2D eigenvalue weighted by Gasteiger charge is 2.30. The number of pyridine rings is 1. The third-order valence-electron chi connectivity index (χ3n) is 4.73. The third kappa shape index (κ3) is 3.80. The van der Waals surface area contributed by atoms with Crippen LogP contribution in [0.5, 0.6) is 0 Å². The van der Waals surface area contributed by atoms with Crippen LogP contribution < -0.4 is 5.73 Å². The molecule has 112 valence electrons. The SMILES string of the molecule is CCC(N)C(OC1CCC(C)C(C)C1)c1ccccn1. The summed E-state index contributed by atoms with van der Waals surface area (Å²) in [6, 6.07) is 5.98. The molecular formula is C17H28N2O. The lowest BCUT2D eigenvalue weighted by Gasteiger charge is -2.35. The highest BCUT2D eigenvalue weighted by molar-refractivity contribution is 5.09. The van der Waals surface area contributed by atoms with Gasteiger partial charge in [-0.05, 0) is 49.7 Å². The molecule has 0 aliphatic heterocycles. The van der Waals surface area contributed by atoms with E-state index < -0.39 is 0 Å². The summed E-state index contributed by atoms with van der Waals surface area (Å²) in [7, 11) is 0. The number of nitrogens with two attached hydrogens (primary N) is 1. The largest absolute Gasteiger partial charge is 0.367 e. The maximum atomic E-state index is 6.36. The van der Waals surface area contributed by atoms with Crippen LogP contribution in [0.4, 0.5) is 0 Å². The molecule has 3 heteroatoms. The highest BCUT2D eigenvalue weighted by atomic mass is 16.5. The molecule has 1 aromatic rings. The third-order valence-corrected chi connectivity index (χ3v) is 4.73. The standard InChI is InChI=1S/C17H28N2O/c1-4-15(18)17(16-7-5-6-10-19-16)20-14-9-8-12(2)13(3)11-14/h5-7,10,12-15,17H,4,8-9,11,18H2,1-3H3. The van der Waals surface area contributed by atoms with Gasteiger partial charge >= 0.3 is 0 Å². The lowest BCUT2D eigenvalue weighted by molar-refractivity contribution is -0.0611. The van der Waals surface area contributed by atoms with E-state index in [9.17, 15) is 0 Å². The topological polar surface area (TPSA) is 48.1 Å². The van der Waals surface area contributed by atoms with Crippen molar-refractivity contribution in [3.05, 3.63) is 30.1 Å². The minimum absolute atomic E-state index is 0.0135. The van der Waals surface area contributed by atoms with Crippen molar-refractivity contribution in [3.63, 3.8) is 0 Å². The predicted molar refractivity (Wildman–Crippen MR) is 82.3 cm³/mol. The molecular weight excluding hydrogens is 248 g/mol. The number of rotatable bonds is 5. The van der Waals surface area contributed by atoms with Crippen molar-refractivity contribution in [2.45, 2.75) is 64.7 Å². The molecule has 0 bridgehead atoms. The molecule has 1 saturated carbocycles. The molecule has 1 heterocycles. The smallest absolute Gasteiger partial charge is 0.115 e. The minimum Gasteiger partial charge on any atom is -0.367 e. The number of hydrogen-bond acceptors (Lipinski definition) is 3. The maximum absolute atomic E-state index is 6.36. The van der Waals surface area contributed by atoms with Gasteiger partial charge < -0.3 is 10.5 Å². The molecule has 0 saturated heterocycles. The summed E-state index contributed by atoms with van der Waals surface area (Å²) in [4.78, 5) is 4.44. The number of ether oxygens (including phenoxy) is 1. The summed E-state index contributed by atoms with van der Waals surface area (Å²) >= 11 is 0. The molecule has 0 amide bonds. The van der Waals surface area contributed by atoms with Crippen LogP contribution >= 0.6 is 0 Å². The second-order valence-electron chi connectivity index (χ2n) is 6.27. The number of aromatic nitrogens is 1. The van der Waals surface area contributed by atoms with Gasteiger partial charge in [0.05, 0.1) is 11.8 Å². The Morgan fingerprint density at radius 1 is 1.30 bits per heavy atom. The minimum atomic E-state index is -0.0770. The fourth-order valence-corrected chi connectivity index (χ4v) is 2.98. The molecule has 1 aromatic heterocycles. The molecule has 1 aliphatic carbocycles. The van der Waals surface area contributed by atoms with Crippen LogP contribution in [-0.2, 0) is 4.74 Å². The van der Waals surface area contributed by atoms with E-state index in [4.69, 9.17) is 10.5 Å². The van der Waals surface area contributed by atoms with Gasteiger partial charge in [-0.25, -0.2) is 0 Å². The van der Waals surface area contributed by atoms with Crippen LogP contribution in [0.2, 0.25) is 0 Å². The lowest BCUT2D eigenvalue weighted by atomic mass is 9.80. The van der Waals surface area contributed by atoms with Crippen LogP contribution in [0.25, 0.3) is 0 Å². The van der Waals surface area contributed by atoms with E-state index in [0.717, 1.165) is 36.8 Å². The first-order valence-corrected chi connectivity index (χ1v) is 7.93. The van der Waals surface area contributed by atoms with Crippen molar-refractivity contribution in [2.24, 2.45) is 17.6 Å². The van der Waals surface area contributed by atoms with Crippen molar-refractivity contribution in [1.82, 2.24) is 4.98 Å². The zero-order chi connectivity index (χ0) is 14.5. The molecule has 2 N–H and O–H groups in total. The summed E-state index contributed by atoms with van der Waals surface area (Å²) in [6.07, 6.45) is 6.51. The molecule has 2 rings (SSSR count). The van der Waals surface area contributed by atoms with Crippen molar-refractivity contribution in [1.29, 1.82) is 0 Å². The van der Waals surface area contributed by atoms with Gasteiger partial charge in [0.1, 0.15) is 6.10 Å². The van der Waals surface area contributed by atoms with E-state index in [2.05, 4.69) is 25.8 Å². The monoisotopic (exact) mass is 276 g/mol. The lowest BCUT2D eigenvalue weighted by Crippen LogP contribution is -2.35. The molecule has 5 unspecified atom stereocenters. The maximum Gasteiger partial charge on any atom is 0.115 e. The van der Waals surface area contributed by atoms with Crippen LogP contribution in [0.1, 0.15) is 58.3 Å². The second-order valence-corrected chi connectivity index (χ2v) is 6.27. The van der Waals surface area contributed by atoms with Gasteiger partial charge in [0.15, 0.2) is 0 Å². The van der Waals surface area contributed by atoms with Gasteiger partial charge in [-0.1, -0.05) is 26.8 Å². The normalized spacial score (nSPS) is 29.9. The first-order valence-electron chi connectivity index (χ1n) is 7.93. The van der Waals surface area contributed by atoms with Crippen molar-refractivity contribution < 1.29 is 4.74 Å². The number of nitrogens with zero attached hydrogens (tertiary/aromatic N) is 1. The molecule has 5 atom stereocenters. The summed E-state index contributed by atoms with van der Waals surface area (Å²) < 4.78 is 6.36. The molecule has 0 aromatic carbocycles. The van der Waals surface area contributed by atoms with Gasteiger partial charge in [-0.3, -0.25) is 4.98 Å². The summed E-state index contributed by atoms with van der Waals surface area (Å²) in [5.74, 6) is 1.54. The fourth-order valence-electron chi connectivity index (χ4n) is 2.98. The van der Waals surface area contributed by atoms with E-state index in [-0.39, 0.29) is 12.1 Å². The quantitative estimate of drug-likeness (QED) is 0.892. The molecule has 1 fully saturated rings. The van der Waals surface area contributed by atoms with Gasteiger partial charge in [0.2, 0.25) is 0 Å². The zero-order valence-electron chi connectivity index (χ0n) is 13.0. The van der Waals surface area contributed by atoms with Crippen LogP contribution in [-0.4, -0.2) is 17.1 Å². The van der Waals surface area contributed by atoms with Crippen LogP contribution in [0.15, 0.2) is 24.4 Å². The summed E-state index contributed by atoms with van der Waals surface area (Å²) in [5.41, 5.74) is 7.23. The molecule has 3 nitrogen and oxygen atoms in total. The van der Waals surface area contributed by atoms with Crippen LogP contribution in [0, 0.1) is 11.8 Å². The first kappa shape index (κ1) is 15.5. The van der Waals surface area contributed by atoms with E-state index in [1.807, 2.05) is 24.4 Å². The van der Waals surface area contributed by atoms with Gasteiger partial charge in [0, 0.05) is 12.2 Å². The van der Waals surface area contributed by atoms with E-state index in [1.54, 1.807) is 0 Å². The molecule has 0 spiro atoms. The van der Waals surface area contributed by atoms with Crippen molar-refractivity contribution in [2.75, 3.05) is 0 Å². The highest BCUT2D eigenvalue weighted by Crippen LogP contribution is 2.34. The van der Waals surface area contributed by atoms with E-state index >= 15 is 0 Å². The molecule has 20 heavy (non-hydrogen) atoms. The summed E-state index contributed by atoms with van der Waals surface area (Å²) in [5, 5.41) is 0. The Hall–Kier alpha value is -0.930. The fraction of sp³-hybridized carbons (Fsp3) is 0.706. The zero-order valence-corrected chi connectivity index (χ0v) is 13.0. The average Bonchev–Trinajstić information content (AvgIpc) is 2.48. The van der Waals surface area contributed by atoms with Crippen molar-refractivity contribution >= 4 is 0 Å². The molecule has 1 aliphatic rings. The average molecular weight is 276 g/mol. The Kier molecular flexibility index (Phi) is 5.55. The Morgan fingerprint density at radius 3 is 2.70 bits per heavy atom. The van der Waals surface area contributed by atoms with E-state index in [1.165, 1.54) is 6.42 Å². The van der Waals surface area contributed by atoms with Crippen molar-refractivity contribution in [3.8, 4) is 0 Å². The van der Waals surface area contributed by atoms with Gasteiger partial charge in [-0.15, -0.1) is 0 Å². The second kappa shape index (κ2) is 7.19. The van der Waals surface area contributed by atoms with Gasteiger partial charge in [0.25, 0.3) is 0 Å². The van der Waals surface area contributed by atoms with Crippen LogP contribution in [0.3, 0.4) is 0 Å². The Labute approximate surface area is 122 Å². The first-order chi connectivity index (χ1) is 9.61. The Balaban J connectivity index is 2.05. The van der Waals surface area contributed by atoms with E-state index in [0.29, 0.717) is 6.10 Å². The predicted octanol–water partition coefficient (Wildman–Crippen LogP) is 3.70. The summed E-state index contributed by atoms with van der Waals surface area (Å²) in [6.45, 7) is 6.78. The Bertz CT molecular complexity index is 395. The molecule has 0 radical (unpaired) electrons. The number of hydrogen-bond donors (Lipinski definition) is 1. The van der Waals surface area contributed by atoms with Gasteiger partial charge in [-0.2, -0.15) is 0 Å².